The molecule has 0 radical (unpaired) electrons. The molecule has 0 amide bonds. The smallest absolute Gasteiger partial charge is 0.283 e. The minimum Gasteiger partial charge on any atom is -0.376 e. The van der Waals surface area contributed by atoms with Gasteiger partial charge < -0.3 is 4.74 Å². The van der Waals surface area contributed by atoms with Crippen LogP contribution in [0.3, 0.4) is 0 Å². The first-order chi connectivity index (χ1) is 18.1. The number of rotatable bonds is 7. The maximum Gasteiger partial charge on any atom is 0.283 e. The number of nitriles is 1. The molecule has 0 unspecified atom stereocenters. The van der Waals surface area contributed by atoms with E-state index in [9.17, 15) is 25.0 Å². The molecule has 12 heteroatoms. The molecule has 38 heavy (non-hydrogen) atoms. The van der Waals surface area contributed by atoms with Gasteiger partial charge in [0.2, 0.25) is 0 Å². The van der Waals surface area contributed by atoms with E-state index in [4.69, 9.17) is 4.74 Å². The van der Waals surface area contributed by atoms with Crippen molar-refractivity contribution in [2.45, 2.75) is 56.3 Å². The van der Waals surface area contributed by atoms with Gasteiger partial charge in [0.25, 0.3) is 11.2 Å². The summed E-state index contributed by atoms with van der Waals surface area (Å²) in [6, 6.07) is 8.29. The zero-order chi connectivity index (χ0) is 27.4. The number of hydrogen-bond acceptors (Lipinski definition) is 10. The van der Waals surface area contributed by atoms with Crippen molar-refractivity contribution < 1.29 is 14.5 Å². The third-order valence-electron chi connectivity index (χ3n) is 5.77. The van der Waals surface area contributed by atoms with Crippen LogP contribution in [0.15, 0.2) is 51.5 Å². The Bertz CT molecular complexity index is 1590. The number of Topliss-reactive ketones (excluding diaryl/α,β-unsaturated/α-hetero) is 1. The number of aromatic nitrogens is 3. The molecule has 1 fully saturated rings. The molecule has 196 valence electrons. The lowest BCUT2D eigenvalue weighted by Crippen LogP contribution is -2.37. The Kier molecular flexibility index (Phi) is 8.20. The highest BCUT2D eigenvalue weighted by molar-refractivity contribution is 7.99. The first-order valence-corrected chi connectivity index (χ1v) is 13.5. The first kappa shape index (κ1) is 27.4. The van der Waals surface area contributed by atoms with Gasteiger partial charge in [-0.3, -0.25) is 24.3 Å². The van der Waals surface area contributed by atoms with E-state index in [1.165, 1.54) is 10.6 Å². The Morgan fingerprint density at radius 1 is 1.37 bits per heavy atom. The molecule has 0 N–H and O–H groups in total. The summed E-state index contributed by atoms with van der Waals surface area (Å²) in [6.45, 7) is 5.96. The van der Waals surface area contributed by atoms with Crippen LogP contribution in [0.2, 0.25) is 0 Å². The van der Waals surface area contributed by atoms with Crippen LogP contribution in [0.1, 0.15) is 39.2 Å². The number of carbonyl (C=O) groups excluding carboxylic acids is 1. The second-order valence-electron chi connectivity index (χ2n) is 9.65. The van der Waals surface area contributed by atoms with Crippen LogP contribution >= 0.6 is 23.1 Å². The van der Waals surface area contributed by atoms with Crippen LogP contribution in [0.25, 0.3) is 11.6 Å². The fraction of sp³-hybridized carbons (Fsp3) is 0.346. The zero-order valence-electron chi connectivity index (χ0n) is 21.0. The van der Waals surface area contributed by atoms with Gasteiger partial charge >= 0.3 is 0 Å². The second kappa shape index (κ2) is 11.4. The summed E-state index contributed by atoms with van der Waals surface area (Å²) in [5, 5.41) is 22.1. The standard InChI is InChI=1S/C26H25N5O5S2/c1-26(2,3)22(32)18(14-27)24-30(15-17-6-4-11-36-17)23(33)21(37-24)13-16-7-8-20(19(12-16)31(34)35)38-25-28-9-5-10-29-25/h5,7-10,12-13,17H,4,6,11,15H2,1-3H3/b21-13+,24-18+/t17-/m1/s1. The number of nitrogens with zero attached hydrogens (tertiary/aromatic N) is 5. The molecule has 2 aromatic heterocycles. The number of carbonyl (C=O) groups is 1. The third-order valence-corrected chi connectivity index (χ3v) is 7.86. The quantitative estimate of drug-likeness (QED) is 0.246. The van der Waals surface area contributed by atoms with Crippen molar-refractivity contribution in [3.63, 3.8) is 0 Å². The number of nitro benzene ring substituents is 1. The monoisotopic (exact) mass is 551 g/mol. The molecule has 1 aromatic carbocycles. The number of benzene rings is 1. The number of ether oxygens (including phenoxy) is 1. The van der Waals surface area contributed by atoms with Crippen LogP contribution in [-0.2, 0) is 16.1 Å². The normalized spacial score (nSPS) is 16.8. The highest BCUT2D eigenvalue weighted by atomic mass is 32.2. The molecule has 1 saturated heterocycles. The van der Waals surface area contributed by atoms with E-state index < -0.39 is 10.3 Å². The van der Waals surface area contributed by atoms with Crippen molar-refractivity contribution in [2.24, 2.45) is 5.41 Å². The van der Waals surface area contributed by atoms with Crippen molar-refractivity contribution in [1.29, 1.82) is 5.26 Å². The van der Waals surface area contributed by atoms with Gasteiger partial charge in [0.15, 0.2) is 10.9 Å². The van der Waals surface area contributed by atoms with Crippen LogP contribution in [0, 0.1) is 26.9 Å². The van der Waals surface area contributed by atoms with Gasteiger partial charge in [0, 0.05) is 30.5 Å². The Balaban J connectivity index is 1.86. The van der Waals surface area contributed by atoms with Gasteiger partial charge in [-0.25, -0.2) is 9.97 Å². The highest BCUT2D eigenvalue weighted by Gasteiger charge is 2.28. The molecule has 3 heterocycles. The SMILES string of the molecule is CC(C)(C)C(=O)/C(C#N)=c1/s/c(=C/c2ccc(Sc3ncccn3)c([N+](=O)[O-])c2)c(=O)n1C[C@H]1CCCO1. The zero-order valence-corrected chi connectivity index (χ0v) is 22.7. The lowest BCUT2D eigenvalue weighted by molar-refractivity contribution is -0.387. The predicted molar refractivity (Wildman–Crippen MR) is 143 cm³/mol. The maximum absolute atomic E-state index is 13.5. The third kappa shape index (κ3) is 6.07. The Labute approximate surface area is 226 Å². The van der Waals surface area contributed by atoms with Gasteiger partial charge in [0.05, 0.1) is 27.0 Å². The minimum absolute atomic E-state index is 0.0853. The summed E-state index contributed by atoms with van der Waals surface area (Å²) in [7, 11) is 0. The summed E-state index contributed by atoms with van der Waals surface area (Å²) in [4.78, 5) is 46.4. The number of ketones is 1. The highest BCUT2D eigenvalue weighted by Crippen LogP contribution is 2.33. The molecular formula is C26H25N5O5S2. The maximum atomic E-state index is 13.5. The molecule has 0 bridgehead atoms. The Hall–Kier alpha value is -3.66. The average Bonchev–Trinajstić information content (AvgIpc) is 3.50. The lowest BCUT2D eigenvalue weighted by Gasteiger charge is -2.16. The van der Waals surface area contributed by atoms with Gasteiger partial charge in [-0.05, 0) is 48.4 Å². The summed E-state index contributed by atoms with van der Waals surface area (Å²) < 4.78 is 7.66. The van der Waals surface area contributed by atoms with Crippen molar-refractivity contribution in [3.8, 4) is 6.07 Å². The van der Waals surface area contributed by atoms with Gasteiger partial charge in [-0.1, -0.05) is 26.8 Å². The van der Waals surface area contributed by atoms with E-state index in [2.05, 4.69) is 9.97 Å². The molecule has 4 rings (SSSR count). The fourth-order valence-electron chi connectivity index (χ4n) is 3.87. The largest absolute Gasteiger partial charge is 0.376 e. The van der Waals surface area contributed by atoms with Crippen LogP contribution in [-0.4, -0.2) is 38.0 Å². The van der Waals surface area contributed by atoms with Crippen LogP contribution in [0.5, 0.6) is 0 Å². The topological polar surface area (TPSA) is 141 Å². The summed E-state index contributed by atoms with van der Waals surface area (Å²) >= 11 is 2.09. The minimum atomic E-state index is -0.819. The van der Waals surface area contributed by atoms with Crippen molar-refractivity contribution in [3.05, 3.63) is 71.9 Å². The molecule has 1 aliphatic heterocycles. The summed E-state index contributed by atoms with van der Waals surface area (Å²) in [6.07, 6.45) is 6.09. The molecule has 3 aromatic rings. The Morgan fingerprint density at radius 3 is 2.71 bits per heavy atom. The van der Waals surface area contributed by atoms with Crippen molar-refractivity contribution in [2.75, 3.05) is 6.61 Å². The van der Waals surface area contributed by atoms with Gasteiger partial charge in [0.1, 0.15) is 16.3 Å². The molecule has 0 spiro atoms. The van der Waals surface area contributed by atoms with E-state index in [0.717, 1.165) is 35.9 Å². The van der Waals surface area contributed by atoms with Gasteiger partial charge in [-0.15, -0.1) is 11.3 Å². The number of nitro groups is 1. The molecule has 0 saturated carbocycles. The van der Waals surface area contributed by atoms with Crippen molar-refractivity contribution in [1.82, 2.24) is 14.5 Å². The molecule has 10 nitrogen and oxygen atoms in total. The van der Waals surface area contributed by atoms with Crippen molar-refractivity contribution >= 4 is 46.2 Å². The molecular weight excluding hydrogens is 526 g/mol. The number of hydrogen-bond donors (Lipinski definition) is 0. The lowest BCUT2D eigenvalue weighted by atomic mass is 9.87. The molecule has 1 aliphatic rings. The second-order valence-corrected chi connectivity index (χ2v) is 11.7. The van der Waals surface area contributed by atoms with E-state index in [1.54, 1.807) is 57.4 Å². The van der Waals surface area contributed by atoms with E-state index in [-0.39, 0.29) is 44.4 Å². The van der Waals surface area contributed by atoms with Gasteiger partial charge in [-0.2, -0.15) is 5.26 Å². The van der Waals surface area contributed by atoms with E-state index >= 15 is 0 Å². The summed E-state index contributed by atoms with van der Waals surface area (Å²) in [5.74, 6) is -0.367. The number of thiazole rings is 1. The first-order valence-electron chi connectivity index (χ1n) is 11.8. The molecule has 0 aliphatic carbocycles. The Morgan fingerprint density at radius 2 is 2.11 bits per heavy atom. The average molecular weight is 552 g/mol. The molecule has 1 atom stereocenters. The predicted octanol–water partition coefficient (Wildman–Crippen LogP) is 3.06. The summed E-state index contributed by atoms with van der Waals surface area (Å²) in [5.41, 5.74) is -1.00. The van der Waals surface area contributed by atoms with Crippen LogP contribution < -0.4 is 14.8 Å². The van der Waals surface area contributed by atoms with Crippen LogP contribution in [0.4, 0.5) is 5.69 Å². The fourth-order valence-corrected chi connectivity index (χ4v) is 5.78. The van der Waals surface area contributed by atoms with E-state index in [1.807, 2.05) is 6.07 Å². The van der Waals surface area contributed by atoms with E-state index in [0.29, 0.717) is 22.2 Å².